The molecule has 3 aliphatic rings. The van der Waals surface area contributed by atoms with Crippen molar-refractivity contribution in [3.63, 3.8) is 0 Å². The Labute approximate surface area is 282 Å². The molecule has 2 amide bonds. The van der Waals surface area contributed by atoms with Crippen LogP contribution < -0.4 is 0 Å². The summed E-state index contributed by atoms with van der Waals surface area (Å²) in [6.07, 6.45) is 3.57. The van der Waals surface area contributed by atoms with Crippen molar-refractivity contribution in [3.05, 3.63) is 59.2 Å². The molecule has 9 nitrogen and oxygen atoms in total. The number of pyridine rings is 1. The molecule has 0 radical (unpaired) electrons. The Morgan fingerprint density at radius 3 is 2.40 bits per heavy atom. The predicted molar refractivity (Wildman–Crippen MR) is 180 cm³/mol. The number of piperidine rings is 1. The first kappa shape index (κ1) is 34.3. The van der Waals surface area contributed by atoms with E-state index >= 15 is 4.39 Å². The van der Waals surface area contributed by atoms with Gasteiger partial charge in [0.1, 0.15) is 22.8 Å². The monoisotopic (exact) mass is 665 g/mol. The Morgan fingerprint density at radius 2 is 1.75 bits per heavy atom. The highest BCUT2D eigenvalue weighted by atomic mass is 19.1. The lowest BCUT2D eigenvalue weighted by molar-refractivity contribution is -0.00626. The number of benzene rings is 1. The highest BCUT2D eigenvalue weighted by Gasteiger charge is 2.41. The maximum Gasteiger partial charge on any atom is 0.410 e. The summed E-state index contributed by atoms with van der Waals surface area (Å²) < 4.78 is 43.1. The van der Waals surface area contributed by atoms with Crippen LogP contribution >= 0.6 is 0 Å². The van der Waals surface area contributed by atoms with E-state index < -0.39 is 17.4 Å². The smallest absolute Gasteiger partial charge is 0.410 e. The number of imidazole rings is 1. The Kier molecular flexibility index (Phi) is 9.56. The fraction of sp³-hybridized carbons (Fsp3) is 0.595. The van der Waals surface area contributed by atoms with E-state index in [-0.39, 0.29) is 35.0 Å². The van der Waals surface area contributed by atoms with E-state index in [1.807, 2.05) is 44.9 Å². The molecule has 2 aromatic heterocycles. The molecule has 0 unspecified atom stereocenters. The number of amides is 2. The molecular formula is C37H49F2N5O4. The summed E-state index contributed by atoms with van der Waals surface area (Å²) in [5.74, 6) is 0.157. The molecule has 260 valence electrons. The summed E-state index contributed by atoms with van der Waals surface area (Å²) in [5, 5.41) is 0. The Morgan fingerprint density at radius 1 is 1.04 bits per heavy atom. The molecule has 5 heterocycles. The molecule has 1 aromatic carbocycles. The van der Waals surface area contributed by atoms with Gasteiger partial charge < -0.3 is 23.7 Å². The third kappa shape index (κ3) is 6.81. The van der Waals surface area contributed by atoms with Crippen LogP contribution in [0, 0.1) is 30.5 Å². The van der Waals surface area contributed by atoms with Gasteiger partial charge in [0.2, 0.25) is 5.95 Å². The van der Waals surface area contributed by atoms with Crippen molar-refractivity contribution < 1.29 is 27.8 Å². The van der Waals surface area contributed by atoms with E-state index in [0.29, 0.717) is 67.7 Å². The first-order chi connectivity index (χ1) is 22.7. The van der Waals surface area contributed by atoms with E-state index in [0.717, 1.165) is 31.5 Å². The second-order valence-electron chi connectivity index (χ2n) is 15.2. The molecule has 48 heavy (non-hydrogen) atoms. The van der Waals surface area contributed by atoms with Crippen LogP contribution in [0.15, 0.2) is 30.5 Å². The van der Waals surface area contributed by atoms with Gasteiger partial charge in [-0.25, -0.2) is 14.2 Å². The summed E-state index contributed by atoms with van der Waals surface area (Å²) in [5.41, 5.74) is 2.01. The lowest BCUT2D eigenvalue weighted by Crippen LogP contribution is -2.57. The number of carbonyl (C=O) groups is 2. The van der Waals surface area contributed by atoms with E-state index in [4.69, 9.17) is 9.47 Å². The fourth-order valence-corrected chi connectivity index (χ4v) is 7.85. The summed E-state index contributed by atoms with van der Waals surface area (Å²) in [7, 11) is 0. The zero-order valence-corrected chi connectivity index (χ0v) is 29.3. The van der Waals surface area contributed by atoms with E-state index in [1.165, 1.54) is 12.1 Å². The lowest BCUT2D eigenvalue weighted by atomic mass is 9.78. The van der Waals surface area contributed by atoms with Crippen molar-refractivity contribution in [1.29, 1.82) is 0 Å². The van der Waals surface area contributed by atoms with Crippen molar-refractivity contribution in [2.75, 3.05) is 45.9 Å². The van der Waals surface area contributed by atoms with Crippen LogP contribution in [0.25, 0.3) is 16.6 Å². The minimum atomic E-state index is -0.621. The summed E-state index contributed by atoms with van der Waals surface area (Å²) >= 11 is 0. The van der Waals surface area contributed by atoms with Gasteiger partial charge >= 0.3 is 6.09 Å². The summed E-state index contributed by atoms with van der Waals surface area (Å²) in [6, 6.07) is 6.34. The number of hydrogen-bond acceptors (Lipinski definition) is 6. The maximum atomic E-state index is 15.5. The van der Waals surface area contributed by atoms with Crippen LogP contribution in [0.4, 0.5) is 13.6 Å². The number of likely N-dealkylation sites (tertiary alicyclic amines) is 2. The highest BCUT2D eigenvalue weighted by Crippen LogP contribution is 2.40. The van der Waals surface area contributed by atoms with Crippen LogP contribution in [0.5, 0.6) is 0 Å². The molecule has 0 aliphatic carbocycles. The lowest BCUT2D eigenvalue weighted by Gasteiger charge is -2.50. The number of aryl methyl sites for hydroxylation is 1. The van der Waals surface area contributed by atoms with Gasteiger partial charge in [-0.1, -0.05) is 19.9 Å². The molecular weight excluding hydrogens is 616 g/mol. The maximum absolute atomic E-state index is 15.5. The Hall–Kier alpha value is -3.57. The Bertz CT molecular complexity index is 1670. The van der Waals surface area contributed by atoms with Crippen molar-refractivity contribution in [2.24, 2.45) is 11.8 Å². The number of hydrogen-bond donors (Lipinski definition) is 0. The van der Waals surface area contributed by atoms with Gasteiger partial charge in [-0.2, -0.15) is 4.39 Å². The van der Waals surface area contributed by atoms with Gasteiger partial charge in [0, 0.05) is 56.4 Å². The molecule has 0 spiro atoms. The number of carbonyl (C=O) groups excluding carboxylic acids is 2. The third-order valence-corrected chi connectivity index (χ3v) is 10.2. The number of aromatic nitrogens is 2. The van der Waals surface area contributed by atoms with Crippen molar-refractivity contribution in [1.82, 2.24) is 24.1 Å². The average molecular weight is 666 g/mol. The second-order valence-corrected chi connectivity index (χ2v) is 15.2. The number of morpholine rings is 1. The topological polar surface area (TPSA) is 79.6 Å². The van der Waals surface area contributed by atoms with E-state index in [1.54, 1.807) is 22.3 Å². The zero-order valence-electron chi connectivity index (χ0n) is 29.3. The van der Waals surface area contributed by atoms with Gasteiger partial charge in [-0.3, -0.25) is 9.69 Å². The van der Waals surface area contributed by atoms with Crippen LogP contribution in [0.2, 0.25) is 0 Å². The van der Waals surface area contributed by atoms with Gasteiger partial charge in [0.15, 0.2) is 0 Å². The minimum Gasteiger partial charge on any atom is -0.444 e. The van der Waals surface area contributed by atoms with Crippen LogP contribution in [0.3, 0.4) is 0 Å². The second kappa shape index (κ2) is 13.4. The van der Waals surface area contributed by atoms with Crippen molar-refractivity contribution in [2.45, 2.75) is 84.9 Å². The molecule has 0 bridgehead atoms. The number of nitrogens with zero attached hydrogens (tertiary/aromatic N) is 5. The standard InChI is InChI=1S/C37H49F2N5O4/c1-22(2)32(25-10-12-41(13-11-25)36(46)48-37(5,6)7)42-18-27(19-42)26-16-30(33-34(39)40-24(4)44(33)20-26)29-9-8-28(38)17-31(29)35(45)43-14-15-47-21-23(43)3/h8-9,16-17,20,22-23,25,27,32H,10-15,18-19,21H2,1-7H3/t23-,32+/m1/s1. The molecule has 2 atom stereocenters. The third-order valence-electron chi connectivity index (χ3n) is 10.2. The zero-order chi connectivity index (χ0) is 34.5. The van der Waals surface area contributed by atoms with Crippen molar-refractivity contribution in [3.8, 4) is 11.1 Å². The molecule has 3 saturated heterocycles. The average Bonchev–Trinajstić information content (AvgIpc) is 3.29. The van der Waals surface area contributed by atoms with Gasteiger partial charge in [-0.15, -0.1) is 0 Å². The number of ether oxygens (including phenoxy) is 2. The number of halogens is 2. The number of fused-ring (bicyclic) bond motifs is 1. The quantitative estimate of drug-likeness (QED) is 0.299. The van der Waals surface area contributed by atoms with Crippen LogP contribution in [-0.4, -0.2) is 99.7 Å². The van der Waals surface area contributed by atoms with E-state index in [2.05, 4.69) is 23.7 Å². The molecule has 0 N–H and O–H groups in total. The van der Waals surface area contributed by atoms with Gasteiger partial charge in [-0.05, 0) is 88.6 Å². The normalized spacial score (nSPS) is 20.8. The minimum absolute atomic E-state index is 0.165. The Balaban J connectivity index is 1.25. The summed E-state index contributed by atoms with van der Waals surface area (Å²) in [4.78, 5) is 36.8. The van der Waals surface area contributed by atoms with E-state index in [9.17, 15) is 14.0 Å². The summed E-state index contributed by atoms with van der Waals surface area (Å²) in [6.45, 7) is 18.2. The van der Waals surface area contributed by atoms with Gasteiger partial charge in [0.05, 0.1) is 24.8 Å². The van der Waals surface area contributed by atoms with Crippen molar-refractivity contribution >= 4 is 17.5 Å². The van der Waals surface area contributed by atoms with Crippen LogP contribution in [-0.2, 0) is 9.47 Å². The molecule has 0 saturated carbocycles. The molecule has 3 aliphatic heterocycles. The SMILES string of the molecule is Cc1nc(F)c2c(-c3ccc(F)cc3C(=O)N3CCOC[C@H]3C)cc(C3CN([C@@H](C(C)C)C4CCN(C(=O)OC(C)(C)C)CC4)C3)cn12. The van der Waals surface area contributed by atoms with Crippen LogP contribution in [0.1, 0.15) is 82.0 Å². The molecule has 3 aromatic rings. The number of rotatable bonds is 6. The highest BCUT2D eigenvalue weighted by molar-refractivity contribution is 6.03. The molecule has 6 rings (SSSR count). The first-order valence-corrected chi connectivity index (χ1v) is 17.3. The fourth-order valence-electron chi connectivity index (χ4n) is 7.85. The molecule has 11 heteroatoms. The largest absolute Gasteiger partial charge is 0.444 e. The van der Waals surface area contributed by atoms with Gasteiger partial charge in [0.25, 0.3) is 5.91 Å². The predicted octanol–water partition coefficient (Wildman–Crippen LogP) is 6.52. The molecule has 3 fully saturated rings. The first-order valence-electron chi connectivity index (χ1n) is 17.3.